The van der Waals surface area contributed by atoms with Crippen LogP contribution in [0.15, 0.2) is 48.5 Å². The molecular formula is C24H26BrF2NO3. The van der Waals surface area contributed by atoms with Gasteiger partial charge in [-0.2, -0.15) is 0 Å². The lowest BCUT2D eigenvalue weighted by Crippen LogP contribution is -3.00. The van der Waals surface area contributed by atoms with Crippen LogP contribution >= 0.6 is 0 Å². The van der Waals surface area contributed by atoms with Crippen molar-refractivity contribution in [1.29, 1.82) is 0 Å². The molecule has 2 heterocycles. The Morgan fingerprint density at radius 2 is 1.32 bits per heavy atom. The number of nitrogens with zero attached hydrogens (tertiary/aromatic N) is 1. The van der Waals surface area contributed by atoms with Crippen LogP contribution < -0.4 is 17.0 Å². The summed E-state index contributed by atoms with van der Waals surface area (Å²) in [7, 11) is 4.51. The summed E-state index contributed by atoms with van der Waals surface area (Å²) in [6.07, 6.45) is 2.56. The smallest absolute Gasteiger partial charge is 0.347 e. The lowest BCUT2D eigenvalue weighted by molar-refractivity contribution is -0.937. The molecule has 2 aromatic rings. The highest BCUT2D eigenvalue weighted by Crippen LogP contribution is 2.61. The van der Waals surface area contributed by atoms with Crippen LogP contribution in [0, 0.1) is 23.5 Å². The second kappa shape index (κ2) is 7.64. The Balaban J connectivity index is 0.00000231. The van der Waals surface area contributed by atoms with E-state index in [-0.39, 0.29) is 34.2 Å². The van der Waals surface area contributed by atoms with Gasteiger partial charge in [-0.15, -0.1) is 0 Å². The molecule has 1 aliphatic carbocycles. The molecule has 5 rings (SSSR count). The fourth-order valence-electron chi connectivity index (χ4n) is 6.00. The van der Waals surface area contributed by atoms with Crippen molar-refractivity contribution < 1.29 is 44.9 Å². The van der Waals surface area contributed by atoms with Gasteiger partial charge in [0.05, 0.1) is 26.2 Å². The van der Waals surface area contributed by atoms with E-state index in [1.807, 2.05) is 0 Å². The third-order valence-corrected chi connectivity index (χ3v) is 7.69. The van der Waals surface area contributed by atoms with E-state index in [0.717, 1.165) is 17.3 Å². The minimum Gasteiger partial charge on any atom is -1.00 e. The average molecular weight is 494 g/mol. The van der Waals surface area contributed by atoms with Crippen molar-refractivity contribution in [2.24, 2.45) is 11.8 Å². The zero-order chi connectivity index (χ0) is 21.3. The van der Waals surface area contributed by atoms with E-state index >= 15 is 0 Å². The summed E-state index contributed by atoms with van der Waals surface area (Å²) < 4.78 is 33.8. The van der Waals surface area contributed by atoms with Crippen molar-refractivity contribution in [1.82, 2.24) is 0 Å². The Morgan fingerprint density at radius 1 is 0.903 bits per heavy atom. The van der Waals surface area contributed by atoms with Crippen molar-refractivity contribution in [3.8, 4) is 0 Å². The van der Waals surface area contributed by atoms with Crippen LogP contribution in [0.1, 0.15) is 30.4 Å². The molecule has 4 nitrogen and oxygen atoms in total. The SMILES string of the molecule is C[N+]1(C)C2CC(OC(=O)C(O)(c3ccc(F)cc3)c3ccc(F)cc3)C[C@H]1[C@H]1CC21.[Br-]. The number of hydrogen-bond donors (Lipinski definition) is 1. The lowest BCUT2D eigenvalue weighted by atomic mass is 9.86. The number of carbonyl (C=O) groups is 1. The van der Waals surface area contributed by atoms with Crippen molar-refractivity contribution in [3.05, 3.63) is 71.3 Å². The number of fused-ring (bicyclic) bond motifs is 5. The van der Waals surface area contributed by atoms with Crippen molar-refractivity contribution >= 4 is 5.97 Å². The third-order valence-electron chi connectivity index (χ3n) is 7.69. The molecule has 0 radical (unpaired) electrons. The van der Waals surface area contributed by atoms with Crippen LogP contribution in [-0.2, 0) is 15.1 Å². The second-order valence-electron chi connectivity index (χ2n) is 9.55. The van der Waals surface area contributed by atoms with Gasteiger partial charge in [-0.05, 0) is 41.8 Å². The molecule has 1 saturated carbocycles. The van der Waals surface area contributed by atoms with Crippen LogP contribution in [0.5, 0.6) is 0 Å². The minimum atomic E-state index is -2.13. The first-order chi connectivity index (χ1) is 14.2. The first-order valence-corrected chi connectivity index (χ1v) is 10.5. The van der Waals surface area contributed by atoms with Gasteiger partial charge in [-0.3, -0.25) is 0 Å². The number of rotatable bonds is 4. The molecule has 31 heavy (non-hydrogen) atoms. The van der Waals surface area contributed by atoms with E-state index in [2.05, 4.69) is 14.1 Å². The Labute approximate surface area is 191 Å². The van der Waals surface area contributed by atoms with Gasteiger partial charge in [0.25, 0.3) is 0 Å². The van der Waals surface area contributed by atoms with E-state index in [4.69, 9.17) is 4.74 Å². The Bertz CT molecular complexity index is 914. The molecule has 3 unspecified atom stereocenters. The molecule has 0 spiro atoms. The predicted molar refractivity (Wildman–Crippen MR) is 106 cm³/mol. The van der Waals surface area contributed by atoms with E-state index in [1.165, 1.54) is 55.0 Å². The summed E-state index contributed by atoms with van der Waals surface area (Å²) in [5, 5.41) is 11.5. The van der Waals surface area contributed by atoms with Crippen LogP contribution in [0.25, 0.3) is 0 Å². The number of halogens is 3. The summed E-state index contributed by atoms with van der Waals surface area (Å²) >= 11 is 0. The van der Waals surface area contributed by atoms with Crippen LogP contribution in [0.3, 0.4) is 0 Å². The van der Waals surface area contributed by atoms with Crippen molar-refractivity contribution in [2.45, 2.75) is 43.1 Å². The second-order valence-corrected chi connectivity index (χ2v) is 9.55. The highest BCUT2D eigenvalue weighted by molar-refractivity contribution is 5.85. The van der Waals surface area contributed by atoms with E-state index in [1.54, 1.807) is 0 Å². The molecule has 0 aromatic heterocycles. The number of hydrogen-bond acceptors (Lipinski definition) is 3. The number of quaternary nitrogens is 1. The van der Waals surface area contributed by atoms with E-state index < -0.39 is 23.2 Å². The molecule has 2 saturated heterocycles. The molecular weight excluding hydrogens is 468 g/mol. The Hall–Kier alpha value is -1.83. The molecule has 7 heteroatoms. The van der Waals surface area contributed by atoms with Gasteiger partial charge in [-0.25, -0.2) is 13.6 Å². The van der Waals surface area contributed by atoms with E-state index in [9.17, 15) is 18.7 Å². The summed E-state index contributed by atoms with van der Waals surface area (Å²) in [6, 6.07) is 11.1. The normalized spacial score (nSPS) is 30.2. The first kappa shape index (κ1) is 22.4. The molecule has 0 amide bonds. The van der Waals surface area contributed by atoms with Gasteiger partial charge >= 0.3 is 5.97 Å². The Morgan fingerprint density at radius 3 is 1.74 bits per heavy atom. The zero-order valence-corrected chi connectivity index (χ0v) is 19.1. The van der Waals surface area contributed by atoms with Gasteiger partial charge in [0.1, 0.15) is 17.7 Å². The maximum absolute atomic E-state index is 13.5. The highest BCUT2D eigenvalue weighted by atomic mass is 79.9. The maximum Gasteiger partial charge on any atom is 0.347 e. The number of carbonyl (C=O) groups excluding carboxylic acids is 1. The highest BCUT2D eigenvalue weighted by Gasteiger charge is 2.68. The number of piperidine rings is 2. The van der Waals surface area contributed by atoms with Crippen molar-refractivity contribution in [2.75, 3.05) is 14.1 Å². The molecule has 2 aromatic carbocycles. The van der Waals surface area contributed by atoms with Gasteiger partial charge in [0.15, 0.2) is 0 Å². The molecule has 5 atom stereocenters. The number of benzene rings is 2. The predicted octanol–water partition coefficient (Wildman–Crippen LogP) is 0.374. The summed E-state index contributed by atoms with van der Waals surface area (Å²) in [6.45, 7) is 0. The molecule has 166 valence electrons. The first-order valence-electron chi connectivity index (χ1n) is 10.5. The van der Waals surface area contributed by atoms with Gasteiger partial charge in [0.2, 0.25) is 5.60 Å². The van der Waals surface area contributed by atoms with Crippen LogP contribution in [0.2, 0.25) is 0 Å². The van der Waals surface area contributed by atoms with Crippen LogP contribution in [0.4, 0.5) is 8.78 Å². The summed E-state index contributed by atoms with van der Waals surface area (Å²) in [4.78, 5) is 13.3. The molecule has 3 aliphatic rings. The lowest BCUT2D eigenvalue weighted by Gasteiger charge is -2.46. The van der Waals surface area contributed by atoms with E-state index in [0.29, 0.717) is 23.9 Å². The molecule has 2 bridgehead atoms. The maximum atomic E-state index is 13.5. The summed E-state index contributed by atoms with van der Waals surface area (Å²) in [5.74, 6) is -0.331. The van der Waals surface area contributed by atoms with Gasteiger partial charge < -0.3 is 31.3 Å². The average Bonchev–Trinajstić information content (AvgIpc) is 3.47. The number of esters is 1. The van der Waals surface area contributed by atoms with Gasteiger partial charge in [-0.1, -0.05) is 24.3 Å². The quantitative estimate of drug-likeness (QED) is 0.494. The zero-order valence-electron chi connectivity index (χ0n) is 17.5. The van der Waals surface area contributed by atoms with Crippen molar-refractivity contribution in [3.63, 3.8) is 0 Å². The number of ether oxygens (including phenoxy) is 1. The topological polar surface area (TPSA) is 46.5 Å². The summed E-state index contributed by atoms with van der Waals surface area (Å²) in [5.41, 5.74) is -1.75. The largest absolute Gasteiger partial charge is 1.00 e. The third kappa shape index (κ3) is 3.51. The molecule has 2 aliphatic heterocycles. The molecule has 1 N–H and O–H groups in total. The Kier molecular flexibility index (Phi) is 5.51. The molecule has 3 fully saturated rings. The standard InChI is InChI=1S/C24H26F2NO3.BrH/c1-27(2)21-11-18(12-22(27)20-13-19(20)21)30-23(28)24(29,14-3-7-16(25)8-4-14)15-5-9-17(26)10-6-15;/h3-10,18-22,29H,11-13H2,1-2H3;1H/q+1;/p-1/t18?,19-,20?,21-,22?;/m0./s1. The monoisotopic (exact) mass is 493 g/mol. The van der Waals surface area contributed by atoms with Gasteiger partial charge in [0, 0.05) is 24.7 Å². The number of aliphatic hydroxyl groups is 1. The minimum absolute atomic E-state index is 0. The van der Waals surface area contributed by atoms with Crippen LogP contribution in [-0.4, -0.2) is 47.8 Å². The fourth-order valence-corrected chi connectivity index (χ4v) is 6.00. The fraction of sp³-hybridized carbons (Fsp3) is 0.458.